The van der Waals surface area contributed by atoms with Gasteiger partial charge in [0.25, 0.3) is 0 Å². The third kappa shape index (κ3) is 56.6. The molecule has 0 aliphatic heterocycles. The molecular weight excluding hydrogens is 1110 g/mol. The first-order valence-electron chi connectivity index (χ1n) is 35.3. The van der Waals surface area contributed by atoms with E-state index in [-0.39, 0.29) is 11.5 Å². The van der Waals surface area contributed by atoms with Gasteiger partial charge in [-0.25, -0.2) is 0 Å². The summed E-state index contributed by atoms with van der Waals surface area (Å²) in [5.41, 5.74) is 6.09. The summed E-state index contributed by atoms with van der Waals surface area (Å²) < 4.78 is 20.1. The first kappa shape index (κ1) is 91.0. The predicted molar refractivity (Wildman–Crippen MR) is 397 cm³/mol. The highest BCUT2D eigenvalue weighted by molar-refractivity contribution is 5.50. The summed E-state index contributed by atoms with van der Waals surface area (Å²) in [6.07, 6.45) is 35.6. The van der Waals surface area contributed by atoms with E-state index in [0.717, 1.165) is 60.5 Å². The number of hydrogen-bond acceptors (Lipinski definition) is 9. The van der Waals surface area contributed by atoms with Gasteiger partial charge in [0.2, 0.25) is 0 Å². The van der Waals surface area contributed by atoms with Crippen LogP contribution in [-0.2, 0) is 25.7 Å². The standard InChI is InChI=1S/4C9H12O.2C8H16.C7H8O3.2C6H15N.2C5H12/c4*1-3-8-4-6-9(10-2)7-5-8;2*1-2-8-6-4-3-5-7-8;1-4-2-5(8)7(10)6(9)3-4;2*1-4-5-6-7(2)3;2*1-3-5-4-2/h4*4-7H,3H2,1-2H3;2*8H,2-7H2,1H3;2-3,8-10H,1H3;2*4-6H2,1-3H3;2*3-5H2,1-2H3. The van der Waals surface area contributed by atoms with Crippen LogP contribution in [-0.4, -0.2) is 94.8 Å². The molecule has 0 saturated heterocycles. The summed E-state index contributed by atoms with van der Waals surface area (Å²) in [5.74, 6) is 4.83. The van der Waals surface area contributed by atoms with Crippen LogP contribution in [0.3, 0.4) is 0 Å². The van der Waals surface area contributed by atoms with Crippen LogP contribution in [0.4, 0.5) is 0 Å². The maximum atomic E-state index is 8.87. The Morgan fingerprint density at radius 3 is 0.700 bits per heavy atom. The molecule has 5 aromatic carbocycles. The van der Waals surface area contributed by atoms with Crippen molar-refractivity contribution in [3.63, 3.8) is 0 Å². The molecule has 2 aliphatic carbocycles. The minimum absolute atomic E-state index is 0.294. The normalized spacial score (nSPS) is 12.0. The lowest BCUT2D eigenvalue weighted by Crippen LogP contribution is -2.12. The number of nitrogens with zero attached hydrogens (tertiary/aromatic N) is 2. The number of aryl methyl sites for hydroxylation is 5. The Hall–Kier alpha value is -5.38. The molecule has 5 aromatic rings. The van der Waals surface area contributed by atoms with E-state index in [0.29, 0.717) is 5.56 Å². The quantitative estimate of drug-likeness (QED) is 0.0657. The molecule has 0 aromatic heterocycles. The largest absolute Gasteiger partial charge is 0.504 e. The Labute approximate surface area is 557 Å². The number of unbranched alkanes of at least 4 members (excludes halogenated alkanes) is 6. The molecule has 0 heterocycles. The van der Waals surface area contributed by atoms with Gasteiger partial charge in [-0.15, -0.1) is 0 Å². The van der Waals surface area contributed by atoms with Crippen molar-refractivity contribution in [2.75, 3.05) is 69.7 Å². The van der Waals surface area contributed by atoms with E-state index in [4.69, 9.17) is 34.3 Å². The summed E-state index contributed by atoms with van der Waals surface area (Å²) >= 11 is 0. The third-order valence-corrected chi connectivity index (χ3v) is 15.4. The van der Waals surface area contributed by atoms with Crippen LogP contribution in [0.15, 0.2) is 109 Å². The van der Waals surface area contributed by atoms with Gasteiger partial charge in [-0.3, -0.25) is 0 Å². The Morgan fingerprint density at radius 1 is 0.344 bits per heavy atom. The van der Waals surface area contributed by atoms with Crippen molar-refractivity contribution in [2.45, 2.75) is 257 Å². The molecule has 0 amide bonds. The number of benzene rings is 5. The average molecular weight is 1260 g/mol. The summed E-state index contributed by atoms with van der Waals surface area (Å²) in [5, 5.41) is 26.6. The number of ether oxygens (including phenoxy) is 4. The predicted octanol–water partition coefficient (Wildman–Crippen LogP) is 23.2. The molecular formula is C81H142N2O7. The van der Waals surface area contributed by atoms with E-state index < -0.39 is 5.75 Å². The van der Waals surface area contributed by atoms with E-state index in [9.17, 15) is 0 Å². The SMILES string of the molecule is CCC1CCCCC1.CCC1CCCCC1.CCCCC.CCCCC.CCCCN(C)C.CCCCN(C)C.CCc1ccc(OC)cc1.CCc1ccc(OC)cc1.CCc1ccc(OC)cc1.CCc1ccc(OC)cc1.Cc1cc(O)c(O)c(O)c1. The fourth-order valence-electron chi connectivity index (χ4n) is 9.03. The van der Waals surface area contributed by atoms with Crippen LogP contribution in [0.5, 0.6) is 40.2 Å². The lowest BCUT2D eigenvalue weighted by Gasteiger charge is -2.18. The zero-order chi connectivity index (χ0) is 68.6. The Kier molecular flexibility index (Phi) is 67.3. The number of methoxy groups -OCH3 is 4. The highest BCUT2D eigenvalue weighted by Crippen LogP contribution is 2.35. The Morgan fingerprint density at radius 2 is 0.567 bits per heavy atom. The molecule has 3 N–H and O–H groups in total. The summed E-state index contributed by atoms with van der Waals surface area (Å²) in [6, 6.07) is 35.3. The van der Waals surface area contributed by atoms with Crippen LogP contribution in [0.25, 0.3) is 0 Å². The average Bonchev–Trinajstić information content (AvgIpc) is 3.52. The van der Waals surface area contributed by atoms with Gasteiger partial charge in [0, 0.05) is 0 Å². The summed E-state index contributed by atoms with van der Waals surface area (Å²) in [7, 11) is 15.2. The molecule has 0 atom stereocenters. The van der Waals surface area contributed by atoms with Crippen molar-refractivity contribution < 1.29 is 34.3 Å². The smallest absolute Gasteiger partial charge is 0.200 e. The van der Waals surface area contributed by atoms with Crippen LogP contribution < -0.4 is 18.9 Å². The lowest BCUT2D eigenvalue weighted by atomic mass is 9.88. The van der Waals surface area contributed by atoms with Crippen LogP contribution in [0.1, 0.15) is 252 Å². The van der Waals surface area contributed by atoms with Crippen molar-refractivity contribution >= 4 is 0 Å². The molecule has 2 fully saturated rings. The maximum Gasteiger partial charge on any atom is 0.200 e. The fourth-order valence-corrected chi connectivity index (χ4v) is 9.03. The Bertz CT molecular complexity index is 1860. The molecule has 7 rings (SSSR count). The molecule has 0 spiro atoms. The summed E-state index contributed by atoms with van der Waals surface area (Å²) in [6.45, 7) is 30.6. The van der Waals surface area contributed by atoms with E-state index in [1.165, 1.54) is 189 Å². The van der Waals surface area contributed by atoms with Gasteiger partial charge in [-0.05, 0) is 187 Å². The highest BCUT2D eigenvalue weighted by atomic mass is 16.5. The molecule has 9 heteroatoms. The maximum absolute atomic E-state index is 8.87. The third-order valence-electron chi connectivity index (χ3n) is 15.4. The van der Waals surface area contributed by atoms with Gasteiger partial charge in [0.05, 0.1) is 28.4 Å². The van der Waals surface area contributed by atoms with E-state index in [1.807, 2.05) is 48.5 Å². The number of rotatable bonds is 20. The van der Waals surface area contributed by atoms with Crippen molar-refractivity contribution in [3.8, 4) is 40.2 Å². The number of phenolic OH excluding ortho intramolecular Hbond substituents is 3. The first-order valence-corrected chi connectivity index (χ1v) is 35.3. The molecule has 9 nitrogen and oxygen atoms in total. The second-order valence-electron chi connectivity index (χ2n) is 23.8. The first-order chi connectivity index (χ1) is 43.3. The van der Waals surface area contributed by atoms with Gasteiger partial charge in [0.15, 0.2) is 17.2 Å². The van der Waals surface area contributed by atoms with Gasteiger partial charge in [0.1, 0.15) is 23.0 Å². The van der Waals surface area contributed by atoms with Crippen molar-refractivity contribution in [3.05, 3.63) is 137 Å². The van der Waals surface area contributed by atoms with Gasteiger partial charge in [-0.1, -0.05) is 260 Å². The molecule has 0 unspecified atom stereocenters. The summed E-state index contributed by atoms with van der Waals surface area (Å²) in [4.78, 5) is 4.42. The van der Waals surface area contributed by atoms with Gasteiger partial charge < -0.3 is 44.1 Å². The van der Waals surface area contributed by atoms with Gasteiger partial charge in [-0.2, -0.15) is 0 Å². The van der Waals surface area contributed by atoms with Crippen molar-refractivity contribution in [1.29, 1.82) is 0 Å². The van der Waals surface area contributed by atoms with E-state index >= 15 is 0 Å². The minimum Gasteiger partial charge on any atom is -0.504 e. The number of aromatic hydroxyl groups is 3. The second kappa shape index (κ2) is 66.5. The number of phenols is 3. The van der Waals surface area contributed by atoms with Crippen LogP contribution in [0.2, 0.25) is 0 Å². The molecule has 90 heavy (non-hydrogen) atoms. The van der Waals surface area contributed by atoms with E-state index in [2.05, 4.69) is 170 Å². The molecule has 2 aliphatic rings. The van der Waals surface area contributed by atoms with Crippen molar-refractivity contribution in [1.82, 2.24) is 9.80 Å². The van der Waals surface area contributed by atoms with Crippen LogP contribution in [0, 0.1) is 18.8 Å². The van der Waals surface area contributed by atoms with Gasteiger partial charge >= 0.3 is 0 Å². The van der Waals surface area contributed by atoms with E-state index in [1.54, 1.807) is 35.4 Å². The molecule has 518 valence electrons. The van der Waals surface area contributed by atoms with Crippen LogP contribution >= 0.6 is 0 Å². The Balaban J connectivity index is -0.000000455. The molecule has 2 saturated carbocycles. The van der Waals surface area contributed by atoms with Crippen molar-refractivity contribution in [2.24, 2.45) is 11.8 Å². The topological polar surface area (TPSA) is 104 Å². The lowest BCUT2D eigenvalue weighted by molar-refractivity contribution is 0.349. The highest BCUT2D eigenvalue weighted by Gasteiger charge is 2.11. The second-order valence-corrected chi connectivity index (χ2v) is 23.8. The molecule has 0 radical (unpaired) electrons. The molecule has 0 bridgehead atoms. The zero-order valence-electron chi connectivity index (χ0n) is 62.2. The number of hydrogen-bond donors (Lipinski definition) is 3. The fraction of sp³-hybridized carbons (Fsp3) is 0.630. The minimum atomic E-state index is -0.467. The zero-order valence-corrected chi connectivity index (χ0v) is 62.2. The monoisotopic (exact) mass is 1260 g/mol.